The maximum atomic E-state index is 5.68. The molecule has 1 fully saturated rings. The smallest absolute Gasteiger partial charge is 0.0701 e. The molecular formula is C16H33NO3. The van der Waals surface area contributed by atoms with Crippen molar-refractivity contribution in [2.75, 3.05) is 46.7 Å². The zero-order valence-corrected chi connectivity index (χ0v) is 13.5. The van der Waals surface area contributed by atoms with Crippen LogP contribution in [0.1, 0.15) is 39.5 Å². The van der Waals surface area contributed by atoms with Crippen LogP contribution in [-0.4, -0.2) is 52.7 Å². The normalized spacial score (nSPS) is 26.9. The van der Waals surface area contributed by atoms with E-state index in [1.807, 2.05) is 0 Å². The minimum atomic E-state index is 0.655. The van der Waals surface area contributed by atoms with Crippen LogP contribution in [0.2, 0.25) is 0 Å². The van der Waals surface area contributed by atoms with Gasteiger partial charge in [0, 0.05) is 19.8 Å². The summed E-state index contributed by atoms with van der Waals surface area (Å²) < 4.78 is 16.0. The van der Waals surface area contributed by atoms with Gasteiger partial charge in [0.1, 0.15) is 0 Å². The summed E-state index contributed by atoms with van der Waals surface area (Å²) in [5.41, 5.74) is 0. The fourth-order valence-electron chi connectivity index (χ4n) is 3.05. The van der Waals surface area contributed by atoms with Gasteiger partial charge in [0.2, 0.25) is 0 Å². The van der Waals surface area contributed by atoms with Crippen molar-refractivity contribution in [2.45, 2.75) is 45.6 Å². The van der Waals surface area contributed by atoms with Crippen molar-refractivity contribution in [3.8, 4) is 0 Å². The molecule has 0 aromatic rings. The molecule has 0 radical (unpaired) electrons. The minimum Gasteiger partial charge on any atom is -0.382 e. The van der Waals surface area contributed by atoms with Crippen LogP contribution in [0.25, 0.3) is 0 Å². The Kier molecular flexibility index (Phi) is 10.3. The number of nitrogens with one attached hydrogen (secondary N) is 1. The molecule has 1 saturated carbocycles. The maximum absolute atomic E-state index is 5.68. The van der Waals surface area contributed by atoms with Crippen LogP contribution in [0.15, 0.2) is 0 Å². The van der Waals surface area contributed by atoms with Gasteiger partial charge >= 0.3 is 0 Å². The molecule has 1 aliphatic carbocycles. The Hall–Kier alpha value is -0.160. The molecule has 0 aromatic carbocycles. The van der Waals surface area contributed by atoms with Crippen molar-refractivity contribution in [3.05, 3.63) is 0 Å². The standard InChI is InChI=1S/C16H33NO3/c1-4-17-16-6-5-14(2)13-15(16)7-8-19-11-12-20-10-9-18-3/h14-17H,4-13H2,1-3H3. The molecule has 0 spiro atoms. The first-order chi connectivity index (χ1) is 9.77. The second kappa shape index (κ2) is 11.5. The molecule has 3 unspecified atom stereocenters. The lowest BCUT2D eigenvalue weighted by Crippen LogP contribution is -2.40. The van der Waals surface area contributed by atoms with Crippen LogP contribution in [-0.2, 0) is 14.2 Å². The predicted octanol–water partition coefficient (Wildman–Crippen LogP) is 2.47. The Balaban J connectivity index is 2.06. The fourth-order valence-corrected chi connectivity index (χ4v) is 3.05. The SMILES string of the molecule is CCNC1CCC(C)CC1CCOCCOCCOC. The lowest BCUT2D eigenvalue weighted by atomic mass is 9.77. The molecule has 120 valence electrons. The average molecular weight is 287 g/mol. The Labute approximate surface area is 124 Å². The van der Waals surface area contributed by atoms with E-state index in [1.165, 1.54) is 25.7 Å². The van der Waals surface area contributed by atoms with Gasteiger partial charge in [-0.15, -0.1) is 0 Å². The van der Waals surface area contributed by atoms with Crippen LogP contribution in [0, 0.1) is 11.8 Å². The Morgan fingerprint density at radius 2 is 1.70 bits per heavy atom. The quantitative estimate of drug-likeness (QED) is 0.593. The summed E-state index contributed by atoms with van der Waals surface area (Å²) >= 11 is 0. The minimum absolute atomic E-state index is 0.655. The summed E-state index contributed by atoms with van der Waals surface area (Å²) in [6.45, 7) is 9.17. The third kappa shape index (κ3) is 7.58. The van der Waals surface area contributed by atoms with Crippen molar-refractivity contribution < 1.29 is 14.2 Å². The summed E-state index contributed by atoms with van der Waals surface area (Å²) in [5, 5.41) is 3.64. The number of methoxy groups -OCH3 is 1. The van der Waals surface area contributed by atoms with E-state index in [9.17, 15) is 0 Å². The first-order valence-electron chi connectivity index (χ1n) is 8.15. The maximum Gasteiger partial charge on any atom is 0.0701 e. The Morgan fingerprint density at radius 1 is 1.00 bits per heavy atom. The topological polar surface area (TPSA) is 39.7 Å². The first-order valence-corrected chi connectivity index (χ1v) is 8.15. The third-order valence-electron chi connectivity index (χ3n) is 4.15. The highest BCUT2D eigenvalue weighted by Gasteiger charge is 2.27. The van der Waals surface area contributed by atoms with Crippen molar-refractivity contribution in [3.63, 3.8) is 0 Å². The second-order valence-corrected chi connectivity index (χ2v) is 5.85. The van der Waals surface area contributed by atoms with Gasteiger partial charge in [-0.05, 0) is 44.1 Å². The molecule has 0 saturated heterocycles. The van der Waals surface area contributed by atoms with E-state index in [2.05, 4.69) is 19.2 Å². The molecule has 1 N–H and O–H groups in total. The lowest BCUT2D eigenvalue weighted by Gasteiger charge is -2.35. The molecule has 0 amide bonds. The summed E-state index contributed by atoms with van der Waals surface area (Å²) in [6, 6.07) is 0.692. The van der Waals surface area contributed by atoms with Crippen LogP contribution < -0.4 is 5.32 Å². The van der Waals surface area contributed by atoms with Gasteiger partial charge in [0.15, 0.2) is 0 Å². The molecular weight excluding hydrogens is 254 g/mol. The number of hydrogen-bond donors (Lipinski definition) is 1. The molecule has 0 aromatic heterocycles. The summed E-state index contributed by atoms with van der Waals surface area (Å²) in [6.07, 6.45) is 5.19. The van der Waals surface area contributed by atoms with Crippen LogP contribution in [0.4, 0.5) is 0 Å². The summed E-state index contributed by atoms with van der Waals surface area (Å²) in [5.74, 6) is 1.64. The van der Waals surface area contributed by atoms with Crippen molar-refractivity contribution >= 4 is 0 Å². The average Bonchev–Trinajstić information content (AvgIpc) is 2.44. The van der Waals surface area contributed by atoms with Gasteiger partial charge in [0.25, 0.3) is 0 Å². The second-order valence-electron chi connectivity index (χ2n) is 5.85. The zero-order valence-electron chi connectivity index (χ0n) is 13.5. The van der Waals surface area contributed by atoms with Gasteiger partial charge in [-0.3, -0.25) is 0 Å². The number of rotatable bonds is 11. The van der Waals surface area contributed by atoms with Crippen molar-refractivity contribution in [1.82, 2.24) is 5.32 Å². The lowest BCUT2D eigenvalue weighted by molar-refractivity contribution is 0.0188. The molecule has 4 heteroatoms. The molecule has 20 heavy (non-hydrogen) atoms. The summed E-state index contributed by atoms with van der Waals surface area (Å²) in [4.78, 5) is 0. The monoisotopic (exact) mass is 287 g/mol. The van der Waals surface area contributed by atoms with E-state index in [0.29, 0.717) is 32.5 Å². The predicted molar refractivity (Wildman–Crippen MR) is 82.1 cm³/mol. The molecule has 1 rings (SSSR count). The van der Waals surface area contributed by atoms with E-state index in [1.54, 1.807) is 7.11 Å². The molecule has 1 aliphatic rings. The van der Waals surface area contributed by atoms with E-state index in [-0.39, 0.29) is 0 Å². The van der Waals surface area contributed by atoms with Gasteiger partial charge in [-0.1, -0.05) is 13.8 Å². The Morgan fingerprint density at radius 3 is 2.40 bits per heavy atom. The van der Waals surface area contributed by atoms with Crippen molar-refractivity contribution in [1.29, 1.82) is 0 Å². The molecule has 3 atom stereocenters. The van der Waals surface area contributed by atoms with E-state index in [4.69, 9.17) is 14.2 Å². The van der Waals surface area contributed by atoms with E-state index >= 15 is 0 Å². The van der Waals surface area contributed by atoms with E-state index < -0.39 is 0 Å². The van der Waals surface area contributed by atoms with Crippen LogP contribution in [0.5, 0.6) is 0 Å². The number of ether oxygens (including phenoxy) is 3. The molecule has 0 bridgehead atoms. The number of hydrogen-bond acceptors (Lipinski definition) is 4. The third-order valence-corrected chi connectivity index (χ3v) is 4.15. The Bertz CT molecular complexity index is 226. The van der Waals surface area contributed by atoms with Gasteiger partial charge in [0.05, 0.1) is 26.4 Å². The highest BCUT2D eigenvalue weighted by molar-refractivity contribution is 4.83. The van der Waals surface area contributed by atoms with Crippen molar-refractivity contribution in [2.24, 2.45) is 11.8 Å². The summed E-state index contributed by atoms with van der Waals surface area (Å²) in [7, 11) is 1.69. The van der Waals surface area contributed by atoms with Crippen LogP contribution >= 0.6 is 0 Å². The van der Waals surface area contributed by atoms with Gasteiger partial charge in [-0.25, -0.2) is 0 Å². The molecule has 4 nitrogen and oxygen atoms in total. The first kappa shape index (κ1) is 17.9. The van der Waals surface area contributed by atoms with Gasteiger partial charge < -0.3 is 19.5 Å². The molecule has 0 heterocycles. The molecule has 0 aliphatic heterocycles. The zero-order chi connectivity index (χ0) is 14.6. The largest absolute Gasteiger partial charge is 0.382 e. The van der Waals surface area contributed by atoms with Gasteiger partial charge in [-0.2, -0.15) is 0 Å². The fraction of sp³-hybridized carbons (Fsp3) is 1.00. The highest BCUT2D eigenvalue weighted by atomic mass is 16.5. The van der Waals surface area contributed by atoms with E-state index in [0.717, 1.165) is 25.0 Å². The van der Waals surface area contributed by atoms with Crippen LogP contribution in [0.3, 0.4) is 0 Å². The highest BCUT2D eigenvalue weighted by Crippen LogP contribution is 2.31.